The van der Waals surface area contributed by atoms with Crippen molar-refractivity contribution in [1.82, 2.24) is 0 Å². The van der Waals surface area contributed by atoms with Gasteiger partial charge in [0.15, 0.2) is 0 Å². The van der Waals surface area contributed by atoms with E-state index >= 15 is 0 Å². The van der Waals surface area contributed by atoms with E-state index in [0.29, 0.717) is 47.8 Å². The van der Waals surface area contributed by atoms with Crippen LogP contribution < -0.4 is 4.90 Å². The van der Waals surface area contributed by atoms with Crippen LogP contribution in [0.1, 0.15) is 97.0 Å². The Kier molecular flexibility index (Phi) is 6.75. The fraction of sp³-hybridized carbons (Fsp3) is 0.788. The molecule has 6 rings (SSSR count). The van der Waals surface area contributed by atoms with E-state index in [9.17, 15) is 15.0 Å². The maximum atomic E-state index is 13.3. The van der Waals surface area contributed by atoms with Gasteiger partial charge >= 0.3 is 0 Å². The predicted octanol–water partition coefficient (Wildman–Crippen LogP) is 6.37. The molecule has 1 amide bonds. The Morgan fingerprint density at radius 3 is 2.62 bits per heavy atom. The molecule has 1 aromatic rings. The zero-order valence-corrected chi connectivity index (χ0v) is 23.4. The summed E-state index contributed by atoms with van der Waals surface area (Å²) in [6.07, 6.45) is 12.2. The van der Waals surface area contributed by atoms with Crippen LogP contribution in [-0.2, 0) is 11.2 Å². The molecule has 0 saturated heterocycles. The summed E-state index contributed by atoms with van der Waals surface area (Å²) in [5, 5.41) is 21.8. The summed E-state index contributed by atoms with van der Waals surface area (Å²) in [7, 11) is 0. The molecule has 204 valence electrons. The number of aliphatic hydroxyl groups is 2. The number of aryl methyl sites for hydroxylation is 1. The number of hydrogen-bond donors (Lipinski definition) is 2. The molecule has 1 aromatic carbocycles. The van der Waals surface area contributed by atoms with Crippen molar-refractivity contribution in [2.75, 3.05) is 11.4 Å². The second-order valence-corrected chi connectivity index (χ2v) is 14.2. The maximum absolute atomic E-state index is 13.3. The van der Waals surface area contributed by atoms with Crippen LogP contribution in [0.2, 0.25) is 0 Å². The quantitative estimate of drug-likeness (QED) is 0.498. The van der Waals surface area contributed by atoms with E-state index in [1.54, 1.807) is 0 Å². The Hall–Kier alpha value is -1.39. The molecule has 0 spiro atoms. The minimum atomic E-state index is -0.215. The molecule has 5 aliphatic rings. The molecule has 4 aliphatic carbocycles. The molecule has 4 nitrogen and oxygen atoms in total. The molecule has 1 heterocycles. The van der Waals surface area contributed by atoms with Gasteiger partial charge in [0, 0.05) is 18.7 Å². The Morgan fingerprint density at radius 2 is 1.78 bits per heavy atom. The first-order valence-electron chi connectivity index (χ1n) is 15.5. The molecular weight excluding hydrogens is 458 g/mol. The van der Waals surface area contributed by atoms with Crippen molar-refractivity contribution in [2.24, 2.45) is 46.3 Å². The highest BCUT2D eigenvalue weighted by Gasteiger charge is 2.62. The van der Waals surface area contributed by atoms with Crippen LogP contribution in [0, 0.1) is 46.3 Å². The van der Waals surface area contributed by atoms with Gasteiger partial charge in [0.1, 0.15) is 0 Å². The lowest BCUT2D eigenvalue weighted by atomic mass is 9.43. The zero-order chi connectivity index (χ0) is 25.9. The number of para-hydroxylation sites is 1. The van der Waals surface area contributed by atoms with Crippen molar-refractivity contribution < 1.29 is 15.0 Å². The van der Waals surface area contributed by atoms with Crippen molar-refractivity contribution in [3.05, 3.63) is 29.8 Å². The lowest BCUT2D eigenvalue weighted by Gasteiger charge is -2.62. The third kappa shape index (κ3) is 4.20. The monoisotopic (exact) mass is 507 g/mol. The van der Waals surface area contributed by atoms with Gasteiger partial charge in [-0.3, -0.25) is 4.79 Å². The number of aliphatic hydroxyl groups excluding tert-OH is 2. The minimum Gasteiger partial charge on any atom is -0.393 e. The van der Waals surface area contributed by atoms with Gasteiger partial charge in [0.05, 0.1) is 12.2 Å². The minimum absolute atomic E-state index is 0.173. The summed E-state index contributed by atoms with van der Waals surface area (Å²) in [5.41, 5.74) is 3.00. The molecule has 10 atom stereocenters. The number of rotatable bonds is 4. The average Bonchev–Trinajstić information content (AvgIpc) is 3.25. The van der Waals surface area contributed by atoms with E-state index in [0.717, 1.165) is 57.2 Å². The summed E-state index contributed by atoms with van der Waals surface area (Å²) in [6.45, 7) is 8.29. The van der Waals surface area contributed by atoms with Crippen LogP contribution in [-0.4, -0.2) is 34.9 Å². The van der Waals surface area contributed by atoms with Gasteiger partial charge in [-0.1, -0.05) is 39.0 Å². The van der Waals surface area contributed by atoms with Crippen LogP contribution in [0.15, 0.2) is 24.3 Å². The van der Waals surface area contributed by atoms with Crippen molar-refractivity contribution in [1.29, 1.82) is 0 Å². The molecule has 0 unspecified atom stereocenters. The van der Waals surface area contributed by atoms with Gasteiger partial charge in [-0.2, -0.15) is 0 Å². The number of benzene rings is 1. The van der Waals surface area contributed by atoms with Crippen molar-refractivity contribution in [2.45, 2.75) is 110 Å². The van der Waals surface area contributed by atoms with Gasteiger partial charge in [-0.15, -0.1) is 0 Å². The summed E-state index contributed by atoms with van der Waals surface area (Å²) in [6, 6.07) is 8.43. The average molecular weight is 508 g/mol. The number of carbonyl (C=O) groups excluding carboxylic acids is 1. The fourth-order valence-corrected chi connectivity index (χ4v) is 10.7. The highest BCUT2D eigenvalue weighted by Crippen LogP contribution is 2.68. The zero-order valence-electron chi connectivity index (χ0n) is 23.4. The van der Waals surface area contributed by atoms with Crippen LogP contribution in [0.3, 0.4) is 0 Å². The Morgan fingerprint density at radius 1 is 1.03 bits per heavy atom. The fourth-order valence-electron chi connectivity index (χ4n) is 10.7. The van der Waals surface area contributed by atoms with E-state index in [1.807, 2.05) is 4.90 Å². The Labute approximate surface area is 224 Å². The molecule has 0 radical (unpaired) electrons. The second kappa shape index (κ2) is 9.66. The van der Waals surface area contributed by atoms with Gasteiger partial charge in [-0.05, 0) is 129 Å². The first kappa shape index (κ1) is 25.9. The van der Waals surface area contributed by atoms with Gasteiger partial charge < -0.3 is 15.1 Å². The van der Waals surface area contributed by atoms with Crippen LogP contribution in [0.5, 0.6) is 0 Å². The third-order valence-corrected chi connectivity index (χ3v) is 12.6. The molecule has 4 saturated carbocycles. The molecule has 0 aromatic heterocycles. The molecule has 1 aliphatic heterocycles. The standard InChI is InChI=1S/C33H49NO3/c1-21(10-13-30(37)34-18-6-8-22-7-4-5-9-28(22)34)25-11-12-26-31-27(15-17-33(25,26)3)32(2)16-14-24(35)19-23(32)20-29(31)36/h4-5,7,9,21,23-27,29,31,35-36H,6,8,10-20H2,1-3H3/t21-,23+,24-,25-,26+,27+,29+,31+,32+,33-/m1/s1. The van der Waals surface area contributed by atoms with E-state index in [-0.39, 0.29) is 23.0 Å². The number of carbonyl (C=O) groups is 1. The highest BCUT2D eigenvalue weighted by atomic mass is 16.3. The molecule has 4 fully saturated rings. The number of hydrogen-bond acceptors (Lipinski definition) is 3. The highest BCUT2D eigenvalue weighted by molar-refractivity contribution is 5.94. The molecule has 37 heavy (non-hydrogen) atoms. The first-order valence-corrected chi connectivity index (χ1v) is 15.5. The third-order valence-electron chi connectivity index (χ3n) is 12.6. The predicted molar refractivity (Wildman–Crippen MR) is 148 cm³/mol. The normalized spacial score (nSPS) is 43.8. The van der Waals surface area contributed by atoms with E-state index in [2.05, 4.69) is 45.0 Å². The van der Waals surface area contributed by atoms with Crippen LogP contribution in [0.25, 0.3) is 0 Å². The van der Waals surface area contributed by atoms with Gasteiger partial charge in [-0.25, -0.2) is 0 Å². The van der Waals surface area contributed by atoms with E-state index in [1.165, 1.54) is 31.2 Å². The Bertz CT molecular complexity index is 1010. The summed E-state index contributed by atoms with van der Waals surface area (Å²) in [4.78, 5) is 15.4. The topological polar surface area (TPSA) is 60.8 Å². The van der Waals surface area contributed by atoms with E-state index < -0.39 is 0 Å². The number of nitrogens with zero attached hydrogens (tertiary/aromatic N) is 1. The summed E-state index contributed by atoms with van der Waals surface area (Å²) >= 11 is 0. The van der Waals surface area contributed by atoms with E-state index in [4.69, 9.17) is 0 Å². The molecule has 2 N–H and O–H groups in total. The first-order chi connectivity index (χ1) is 17.7. The van der Waals surface area contributed by atoms with Crippen LogP contribution >= 0.6 is 0 Å². The second-order valence-electron chi connectivity index (χ2n) is 14.2. The van der Waals surface area contributed by atoms with Crippen molar-refractivity contribution in [3.8, 4) is 0 Å². The largest absolute Gasteiger partial charge is 0.393 e. The SMILES string of the molecule is C[C@H](CCC(=O)N1CCCc2ccccc21)[C@H]1CC[C@H]2[C@@H]3[C@@H](O)C[C@@H]4C[C@H](O)CC[C@]4(C)[C@H]3CC[C@]12C. The molecule has 4 heteroatoms. The van der Waals surface area contributed by atoms with Crippen molar-refractivity contribution >= 4 is 11.6 Å². The Balaban J connectivity index is 1.13. The van der Waals surface area contributed by atoms with Gasteiger partial charge in [0.25, 0.3) is 0 Å². The lowest BCUT2D eigenvalue weighted by Crippen LogP contribution is -2.58. The number of anilines is 1. The molecule has 0 bridgehead atoms. The lowest BCUT2D eigenvalue weighted by molar-refractivity contribution is -0.174. The summed E-state index contributed by atoms with van der Waals surface area (Å²) < 4.78 is 0. The van der Waals surface area contributed by atoms with Crippen LogP contribution in [0.4, 0.5) is 5.69 Å². The number of fused-ring (bicyclic) bond motifs is 6. The maximum Gasteiger partial charge on any atom is 0.226 e. The van der Waals surface area contributed by atoms with Crippen molar-refractivity contribution in [3.63, 3.8) is 0 Å². The summed E-state index contributed by atoms with van der Waals surface area (Å²) in [5.74, 6) is 3.56. The van der Waals surface area contributed by atoms with Gasteiger partial charge in [0.2, 0.25) is 5.91 Å². The molecular formula is C33H49NO3. The number of amides is 1. The smallest absolute Gasteiger partial charge is 0.226 e.